The summed E-state index contributed by atoms with van der Waals surface area (Å²) in [6.07, 6.45) is 2.08. The number of carboxylic acid groups (broad SMARTS) is 1. The highest BCUT2D eigenvalue weighted by molar-refractivity contribution is 5.89. The van der Waals surface area contributed by atoms with E-state index in [2.05, 4.69) is 10.5 Å². The smallest absolute Gasteiger partial charge is 0.335 e. The van der Waals surface area contributed by atoms with Crippen LogP contribution in [0.25, 0.3) is 0 Å². The van der Waals surface area contributed by atoms with Crippen molar-refractivity contribution >= 4 is 23.6 Å². The molecule has 0 bridgehead atoms. The van der Waals surface area contributed by atoms with Crippen LogP contribution in [0.5, 0.6) is 11.5 Å². The molecule has 0 amide bonds. The van der Waals surface area contributed by atoms with Gasteiger partial charge in [-0.05, 0) is 37.6 Å². The van der Waals surface area contributed by atoms with Gasteiger partial charge in [0, 0.05) is 11.6 Å². The van der Waals surface area contributed by atoms with E-state index in [1.807, 2.05) is 6.92 Å². The number of aromatic carboxylic acids is 1. The maximum atomic E-state index is 11.4. The van der Waals surface area contributed by atoms with Crippen molar-refractivity contribution in [3.63, 3.8) is 0 Å². The fourth-order valence-corrected chi connectivity index (χ4v) is 2.33. The maximum Gasteiger partial charge on any atom is 0.335 e. The van der Waals surface area contributed by atoms with Crippen LogP contribution < -0.4 is 14.9 Å². The van der Waals surface area contributed by atoms with Crippen molar-refractivity contribution in [2.45, 2.75) is 20.3 Å². The summed E-state index contributed by atoms with van der Waals surface area (Å²) in [5.74, 6) is -0.695. The summed E-state index contributed by atoms with van der Waals surface area (Å²) < 4.78 is 11.0. The Morgan fingerprint density at radius 3 is 2.71 bits per heavy atom. The third kappa shape index (κ3) is 5.44. The number of carbonyl (C=O) groups is 1. The molecule has 2 rings (SSSR count). The zero-order valence-corrected chi connectivity index (χ0v) is 15.5. The second kappa shape index (κ2) is 9.91. The van der Waals surface area contributed by atoms with Gasteiger partial charge in [0.15, 0.2) is 5.75 Å². The molecule has 0 radical (unpaired) electrons. The normalized spacial score (nSPS) is 10.6. The molecule has 2 N–H and O–H groups in total. The number of benzene rings is 2. The highest BCUT2D eigenvalue weighted by Gasteiger charge is 2.22. The fraction of sp³-hybridized carbons (Fsp3) is 0.263. The number of hydrazone groups is 1. The van der Waals surface area contributed by atoms with Crippen LogP contribution in [0, 0.1) is 10.1 Å². The standard InChI is InChI=1S/C19H21N3O6/c1-3-8-28-18-16(22(25)26)9-13(10-17(18)27-4-2)12-20-21-15-7-5-6-14(11-15)19(23)24/h5-7,9-12,21H,3-4,8H2,1-2H3,(H,23,24)/b20-12+. The molecule has 0 unspecified atom stereocenters. The molecule has 9 nitrogen and oxygen atoms in total. The van der Waals surface area contributed by atoms with E-state index in [-0.39, 0.29) is 22.7 Å². The van der Waals surface area contributed by atoms with Gasteiger partial charge >= 0.3 is 11.7 Å². The molecule has 0 atom stereocenters. The molecule has 0 aliphatic heterocycles. The lowest BCUT2D eigenvalue weighted by molar-refractivity contribution is -0.386. The molecule has 2 aromatic rings. The van der Waals surface area contributed by atoms with Gasteiger partial charge in [0.2, 0.25) is 5.75 Å². The second-order valence-corrected chi connectivity index (χ2v) is 5.66. The van der Waals surface area contributed by atoms with E-state index >= 15 is 0 Å². The first-order valence-electron chi connectivity index (χ1n) is 8.66. The van der Waals surface area contributed by atoms with Crippen molar-refractivity contribution in [3.8, 4) is 11.5 Å². The van der Waals surface area contributed by atoms with Crippen LogP contribution in [0.4, 0.5) is 11.4 Å². The molecule has 0 spiro atoms. The molecule has 0 saturated heterocycles. The minimum atomic E-state index is -1.05. The average molecular weight is 387 g/mol. The van der Waals surface area contributed by atoms with Crippen LogP contribution in [0.15, 0.2) is 41.5 Å². The number of hydrogen-bond donors (Lipinski definition) is 2. The number of carboxylic acids is 1. The van der Waals surface area contributed by atoms with Gasteiger partial charge in [-0.2, -0.15) is 5.10 Å². The van der Waals surface area contributed by atoms with Crippen LogP contribution in [0.3, 0.4) is 0 Å². The minimum absolute atomic E-state index is 0.0907. The molecule has 2 aromatic carbocycles. The number of anilines is 1. The third-order valence-corrected chi connectivity index (χ3v) is 3.52. The van der Waals surface area contributed by atoms with Crippen molar-refractivity contribution in [1.29, 1.82) is 0 Å². The number of nitrogens with zero attached hydrogens (tertiary/aromatic N) is 2. The van der Waals surface area contributed by atoms with Crippen LogP contribution in [-0.2, 0) is 0 Å². The summed E-state index contributed by atoms with van der Waals surface area (Å²) in [6, 6.07) is 9.06. The van der Waals surface area contributed by atoms with Crippen LogP contribution in [-0.4, -0.2) is 35.4 Å². The lowest BCUT2D eigenvalue weighted by atomic mass is 10.2. The van der Waals surface area contributed by atoms with Crippen LogP contribution in [0.1, 0.15) is 36.2 Å². The lowest BCUT2D eigenvalue weighted by Crippen LogP contribution is -2.04. The van der Waals surface area contributed by atoms with Crippen molar-refractivity contribution < 1.29 is 24.3 Å². The van der Waals surface area contributed by atoms with Gasteiger partial charge in [-0.25, -0.2) is 4.79 Å². The molecular formula is C19H21N3O6. The van der Waals surface area contributed by atoms with Crippen LogP contribution >= 0.6 is 0 Å². The molecule has 0 aliphatic rings. The second-order valence-electron chi connectivity index (χ2n) is 5.66. The topological polar surface area (TPSA) is 123 Å². The summed E-state index contributed by atoms with van der Waals surface area (Å²) >= 11 is 0. The van der Waals surface area contributed by atoms with E-state index in [1.54, 1.807) is 25.1 Å². The summed E-state index contributed by atoms with van der Waals surface area (Å²) in [5.41, 5.74) is 3.51. The Morgan fingerprint density at radius 2 is 2.07 bits per heavy atom. The van der Waals surface area contributed by atoms with E-state index < -0.39 is 10.9 Å². The highest BCUT2D eigenvalue weighted by atomic mass is 16.6. The Labute approximate surface area is 161 Å². The summed E-state index contributed by atoms with van der Waals surface area (Å²) in [6.45, 7) is 4.32. The van der Waals surface area contributed by atoms with Gasteiger partial charge in [-0.15, -0.1) is 0 Å². The van der Waals surface area contributed by atoms with Crippen molar-refractivity contribution in [3.05, 3.63) is 57.6 Å². The molecule has 9 heteroatoms. The zero-order chi connectivity index (χ0) is 20.5. The Hall–Kier alpha value is -3.62. The van der Waals surface area contributed by atoms with Gasteiger partial charge in [-0.3, -0.25) is 15.5 Å². The van der Waals surface area contributed by atoms with Gasteiger partial charge in [0.05, 0.1) is 35.6 Å². The van der Waals surface area contributed by atoms with Crippen molar-refractivity contribution in [2.75, 3.05) is 18.6 Å². The molecule has 0 aromatic heterocycles. The van der Waals surface area contributed by atoms with E-state index in [9.17, 15) is 14.9 Å². The summed E-state index contributed by atoms with van der Waals surface area (Å²) in [7, 11) is 0. The molecule has 0 aliphatic carbocycles. The average Bonchev–Trinajstić information content (AvgIpc) is 2.67. The van der Waals surface area contributed by atoms with E-state index in [4.69, 9.17) is 14.6 Å². The quantitative estimate of drug-likeness (QED) is 0.360. The van der Waals surface area contributed by atoms with E-state index in [0.29, 0.717) is 30.9 Å². The SMILES string of the molecule is CCCOc1c(OCC)cc(/C=N/Nc2cccc(C(=O)O)c2)cc1[N+](=O)[O-]. The van der Waals surface area contributed by atoms with Gasteiger partial charge in [0.1, 0.15) is 0 Å². The monoisotopic (exact) mass is 387 g/mol. The highest BCUT2D eigenvalue weighted by Crippen LogP contribution is 2.38. The first kappa shape index (κ1) is 20.7. The summed E-state index contributed by atoms with van der Waals surface area (Å²) in [5, 5.41) is 24.5. The number of nitrogens with one attached hydrogen (secondary N) is 1. The van der Waals surface area contributed by atoms with Gasteiger partial charge < -0.3 is 14.6 Å². The maximum absolute atomic E-state index is 11.4. The molecule has 28 heavy (non-hydrogen) atoms. The number of nitro benzene ring substituents is 1. The predicted molar refractivity (Wildman–Crippen MR) is 105 cm³/mol. The molecule has 0 fully saturated rings. The summed E-state index contributed by atoms with van der Waals surface area (Å²) in [4.78, 5) is 21.9. The number of rotatable bonds is 10. The molecule has 148 valence electrons. The third-order valence-electron chi connectivity index (χ3n) is 3.52. The first-order chi connectivity index (χ1) is 13.5. The fourth-order valence-electron chi connectivity index (χ4n) is 2.33. The Morgan fingerprint density at radius 1 is 1.29 bits per heavy atom. The Kier molecular flexibility index (Phi) is 7.32. The number of ether oxygens (including phenoxy) is 2. The number of hydrogen-bond acceptors (Lipinski definition) is 7. The van der Waals surface area contributed by atoms with Gasteiger partial charge in [-0.1, -0.05) is 13.0 Å². The lowest BCUT2D eigenvalue weighted by Gasteiger charge is -2.12. The zero-order valence-electron chi connectivity index (χ0n) is 15.5. The molecule has 0 heterocycles. The minimum Gasteiger partial charge on any atom is -0.490 e. The van der Waals surface area contributed by atoms with Gasteiger partial charge in [0.25, 0.3) is 0 Å². The molecular weight excluding hydrogens is 366 g/mol. The van der Waals surface area contributed by atoms with E-state index in [1.165, 1.54) is 24.4 Å². The molecule has 0 saturated carbocycles. The van der Waals surface area contributed by atoms with Crippen molar-refractivity contribution in [1.82, 2.24) is 0 Å². The Balaban J connectivity index is 2.29. The number of nitro groups is 1. The Bertz CT molecular complexity index is 882. The van der Waals surface area contributed by atoms with E-state index in [0.717, 1.165) is 0 Å². The first-order valence-corrected chi connectivity index (χ1v) is 8.66. The van der Waals surface area contributed by atoms with Crippen molar-refractivity contribution in [2.24, 2.45) is 5.10 Å². The largest absolute Gasteiger partial charge is 0.490 e. The predicted octanol–water partition coefficient (Wildman–Crippen LogP) is 3.93. The van der Waals surface area contributed by atoms with Crippen LogP contribution in [0.2, 0.25) is 0 Å².